The number of ether oxygens (including phenoxy) is 1. The van der Waals surface area contributed by atoms with Crippen LogP contribution in [0.2, 0.25) is 0 Å². The molecule has 2 nitrogen and oxygen atoms in total. The molecule has 0 spiro atoms. The Hall–Kier alpha value is -1.02. The SMILES string of the molecule is COc1ccc2c(c1)CCC(C)(CN)C2. The Morgan fingerprint density at radius 2 is 2.20 bits per heavy atom. The molecule has 1 atom stereocenters. The molecule has 1 unspecified atom stereocenters. The predicted octanol–water partition coefficient (Wildman–Crippen LogP) is 2.15. The molecule has 2 N–H and O–H groups in total. The first-order chi connectivity index (χ1) is 7.17. The summed E-state index contributed by atoms with van der Waals surface area (Å²) in [4.78, 5) is 0. The maximum Gasteiger partial charge on any atom is 0.119 e. The first-order valence-electron chi connectivity index (χ1n) is 5.53. The Bertz CT molecular complexity index is 362. The maximum atomic E-state index is 5.83. The van der Waals surface area contributed by atoms with Crippen molar-refractivity contribution in [2.45, 2.75) is 26.2 Å². The fraction of sp³-hybridized carbons (Fsp3) is 0.538. The van der Waals surface area contributed by atoms with Crippen LogP contribution in [0.4, 0.5) is 0 Å². The van der Waals surface area contributed by atoms with Gasteiger partial charge in [-0.1, -0.05) is 13.0 Å². The van der Waals surface area contributed by atoms with Gasteiger partial charge in [0, 0.05) is 0 Å². The number of rotatable bonds is 2. The number of hydrogen-bond donors (Lipinski definition) is 1. The quantitative estimate of drug-likeness (QED) is 0.803. The van der Waals surface area contributed by atoms with Crippen LogP contribution in [-0.4, -0.2) is 13.7 Å². The molecule has 0 saturated heterocycles. The van der Waals surface area contributed by atoms with Crippen molar-refractivity contribution in [2.24, 2.45) is 11.1 Å². The predicted molar refractivity (Wildman–Crippen MR) is 62.2 cm³/mol. The molecule has 0 radical (unpaired) electrons. The molecule has 0 aromatic heterocycles. The van der Waals surface area contributed by atoms with E-state index in [1.165, 1.54) is 17.5 Å². The Kier molecular flexibility index (Phi) is 2.70. The zero-order valence-corrected chi connectivity index (χ0v) is 9.55. The van der Waals surface area contributed by atoms with E-state index in [4.69, 9.17) is 10.5 Å². The molecular formula is C13H19NO. The molecule has 0 saturated carbocycles. The van der Waals surface area contributed by atoms with E-state index in [9.17, 15) is 0 Å². The molecule has 82 valence electrons. The Balaban J connectivity index is 2.28. The second kappa shape index (κ2) is 3.86. The number of aryl methyl sites for hydroxylation is 1. The fourth-order valence-electron chi connectivity index (χ4n) is 2.29. The zero-order chi connectivity index (χ0) is 10.9. The Morgan fingerprint density at radius 3 is 2.87 bits per heavy atom. The van der Waals surface area contributed by atoms with Crippen LogP contribution in [0.5, 0.6) is 5.75 Å². The fourth-order valence-corrected chi connectivity index (χ4v) is 2.29. The van der Waals surface area contributed by atoms with Gasteiger partial charge >= 0.3 is 0 Å². The molecule has 0 aliphatic heterocycles. The van der Waals surface area contributed by atoms with Crippen LogP contribution in [0, 0.1) is 5.41 Å². The minimum atomic E-state index is 0.293. The maximum absolute atomic E-state index is 5.83. The number of hydrogen-bond acceptors (Lipinski definition) is 2. The largest absolute Gasteiger partial charge is 0.497 e. The van der Waals surface area contributed by atoms with Crippen LogP contribution in [0.3, 0.4) is 0 Å². The van der Waals surface area contributed by atoms with Crippen LogP contribution in [-0.2, 0) is 12.8 Å². The van der Waals surface area contributed by atoms with Crippen molar-refractivity contribution < 1.29 is 4.74 Å². The van der Waals surface area contributed by atoms with Crippen LogP contribution in [0.25, 0.3) is 0 Å². The summed E-state index contributed by atoms with van der Waals surface area (Å²) in [6.45, 7) is 3.05. The second-order valence-electron chi connectivity index (χ2n) is 4.83. The van der Waals surface area contributed by atoms with Crippen molar-refractivity contribution in [1.82, 2.24) is 0 Å². The second-order valence-corrected chi connectivity index (χ2v) is 4.83. The lowest BCUT2D eigenvalue weighted by Gasteiger charge is -2.33. The average Bonchev–Trinajstić information content (AvgIpc) is 2.28. The summed E-state index contributed by atoms with van der Waals surface area (Å²) in [5, 5.41) is 0. The minimum absolute atomic E-state index is 0.293. The molecule has 1 aromatic rings. The van der Waals surface area contributed by atoms with Gasteiger partial charge in [0.25, 0.3) is 0 Å². The normalized spacial score (nSPS) is 24.7. The van der Waals surface area contributed by atoms with Crippen LogP contribution >= 0.6 is 0 Å². The van der Waals surface area contributed by atoms with E-state index in [-0.39, 0.29) is 0 Å². The Labute approximate surface area is 91.4 Å². The highest BCUT2D eigenvalue weighted by Crippen LogP contribution is 2.35. The highest BCUT2D eigenvalue weighted by molar-refractivity contribution is 5.38. The van der Waals surface area contributed by atoms with Gasteiger partial charge in [-0.15, -0.1) is 0 Å². The minimum Gasteiger partial charge on any atom is -0.497 e. The van der Waals surface area contributed by atoms with E-state index < -0.39 is 0 Å². The van der Waals surface area contributed by atoms with Crippen molar-refractivity contribution in [1.29, 1.82) is 0 Å². The van der Waals surface area contributed by atoms with E-state index in [0.717, 1.165) is 25.1 Å². The van der Waals surface area contributed by atoms with Crippen molar-refractivity contribution in [3.05, 3.63) is 29.3 Å². The summed E-state index contributed by atoms with van der Waals surface area (Å²) >= 11 is 0. The molecule has 2 rings (SSSR count). The van der Waals surface area contributed by atoms with Crippen LogP contribution < -0.4 is 10.5 Å². The van der Waals surface area contributed by atoms with Gasteiger partial charge in [-0.3, -0.25) is 0 Å². The topological polar surface area (TPSA) is 35.2 Å². The molecule has 2 heteroatoms. The first-order valence-corrected chi connectivity index (χ1v) is 5.53. The number of nitrogens with two attached hydrogens (primary N) is 1. The third-order valence-corrected chi connectivity index (χ3v) is 3.52. The smallest absolute Gasteiger partial charge is 0.119 e. The van der Waals surface area contributed by atoms with Gasteiger partial charge in [0.2, 0.25) is 0 Å². The standard InChI is InChI=1S/C13H19NO/c1-13(9-14)6-5-10-7-12(15-2)4-3-11(10)8-13/h3-4,7H,5-6,8-9,14H2,1-2H3. The van der Waals surface area contributed by atoms with Crippen molar-refractivity contribution in [3.8, 4) is 5.75 Å². The van der Waals surface area contributed by atoms with Crippen LogP contribution in [0.15, 0.2) is 18.2 Å². The third-order valence-electron chi connectivity index (χ3n) is 3.52. The van der Waals surface area contributed by atoms with E-state index in [1.807, 2.05) is 6.07 Å². The van der Waals surface area contributed by atoms with Gasteiger partial charge in [-0.2, -0.15) is 0 Å². The van der Waals surface area contributed by atoms with Gasteiger partial charge in [0.15, 0.2) is 0 Å². The molecule has 0 heterocycles. The van der Waals surface area contributed by atoms with Crippen molar-refractivity contribution in [2.75, 3.05) is 13.7 Å². The van der Waals surface area contributed by atoms with Crippen molar-refractivity contribution in [3.63, 3.8) is 0 Å². The van der Waals surface area contributed by atoms with E-state index in [1.54, 1.807) is 7.11 Å². The summed E-state index contributed by atoms with van der Waals surface area (Å²) in [5.41, 5.74) is 8.99. The molecule has 1 aliphatic rings. The van der Waals surface area contributed by atoms with Gasteiger partial charge in [0.05, 0.1) is 7.11 Å². The molecule has 1 aromatic carbocycles. The summed E-state index contributed by atoms with van der Waals surface area (Å²) in [6, 6.07) is 6.38. The zero-order valence-electron chi connectivity index (χ0n) is 9.55. The summed E-state index contributed by atoms with van der Waals surface area (Å²) in [5.74, 6) is 0.963. The Morgan fingerprint density at radius 1 is 1.40 bits per heavy atom. The lowest BCUT2D eigenvalue weighted by molar-refractivity contribution is 0.289. The number of methoxy groups -OCH3 is 1. The average molecular weight is 205 g/mol. The summed E-state index contributed by atoms with van der Waals surface area (Å²) < 4.78 is 5.23. The first kappa shape index (κ1) is 10.5. The lowest BCUT2D eigenvalue weighted by atomic mass is 9.73. The van der Waals surface area contributed by atoms with Crippen LogP contribution in [0.1, 0.15) is 24.5 Å². The summed E-state index contributed by atoms with van der Waals surface area (Å²) in [6.07, 6.45) is 3.41. The molecule has 15 heavy (non-hydrogen) atoms. The van der Waals surface area contributed by atoms with Gasteiger partial charge in [-0.05, 0) is 54.5 Å². The lowest BCUT2D eigenvalue weighted by Crippen LogP contribution is -2.33. The third kappa shape index (κ3) is 2.00. The van der Waals surface area contributed by atoms with E-state index in [0.29, 0.717) is 5.41 Å². The molecule has 0 bridgehead atoms. The van der Waals surface area contributed by atoms with E-state index in [2.05, 4.69) is 19.1 Å². The highest BCUT2D eigenvalue weighted by Gasteiger charge is 2.28. The molecule has 0 fully saturated rings. The highest BCUT2D eigenvalue weighted by atomic mass is 16.5. The van der Waals surface area contributed by atoms with Gasteiger partial charge in [0.1, 0.15) is 5.75 Å². The monoisotopic (exact) mass is 205 g/mol. The molecular weight excluding hydrogens is 186 g/mol. The van der Waals surface area contributed by atoms with Gasteiger partial charge < -0.3 is 10.5 Å². The summed E-state index contributed by atoms with van der Waals surface area (Å²) in [7, 11) is 1.72. The number of fused-ring (bicyclic) bond motifs is 1. The molecule has 0 amide bonds. The van der Waals surface area contributed by atoms with Gasteiger partial charge in [-0.25, -0.2) is 0 Å². The molecule has 1 aliphatic carbocycles. The number of benzene rings is 1. The van der Waals surface area contributed by atoms with Crippen molar-refractivity contribution >= 4 is 0 Å². The van der Waals surface area contributed by atoms with E-state index >= 15 is 0 Å².